The van der Waals surface area contributed by atoms with E-state index in [1.807, 2.05) is 30.3 Å². The average molecular weight is 434 g/mol. The Morgan fingerprint density at radius 3 is 2.38 bits per heavy atom. The summed E-state index contributed by atoms with van der Waals surface area (Å²) < 4.78 is 0. The van der Waals surface area contributed by atoms with Gasteiger partial charge in [0.1, 0.15) is 0 Å². The van der Waals surface area contributed by atoms with E-state index < -0.39 is 11.8 Å². The number of halogens is 2. The van der Waals surface area contributed by atoms with Crippen molar-refractivity contribution >= 4 is 40.9 Å². The van der Waals surface area contributed by atoms with E-state index in [2.05, 4.69) is 17.2 Å². The Kier molecular flexibility index (Phi) is 8.70. The number of hydrogen-bond donors (Lipinski definition) is 2. The van der Waals surface area contributed by atoms with Crippen LogP contribution in [0.25, 0.3) is 0 Å². The summed E-state index contributed by atoms with van der Waals surface area (Å²) in [5.74, 6) is -1.25. The number of amides is 3. The van der Waals surface area contributed by atoms with Gasteiger partial charge in [-0.1, -0.05) is 59.6 Å². The number of carbonyl (C=O) groups excluding carboxylic acids is 3. The first-order valence-corrected chi connectivity index (χ1v) is 9.59. The van der Waals surface area contributed by atoms with Crippen molar-refractivity contribution in [2.24, 2.45) is 0 Å². The smallest absolute Gasteiger partial charge is 0.253 e. The Morgan fingerprint density at radius 2 is 1.72 bits per heavy atom. The standard InChI is InChI=1S/C21H21Cl2N3O3/c1-2-10-26(14-15-6-4-3-5-7-15)20(28)13-24-19(27)12-25-21(29)17-9-8-16(22)11-18(17)23/h2-9,11H,1,10,12-14H2,(H,24,27)(H,25,29). The molecule has 29 heavy (non-hydrogen) atoms. The monoisotopic (exact) mass is 433 g/mol. The summed E-state index contributed by atoms with van der Waals surface area (Å²) in [7, 11) is 0. The van der Waals surface area contributed by atoms with Crippen molar-refractivity contribution < 1.29 is 14.4 Å². The van der Waals surface area contributed by atoms with Crippen LogP contribution in [0.1, 0.15) is 15.9 Å². The van der Waals surface area contributed by atoms with Crippen LogP contribution in [0.3, 0.4) is 0 Å². The second-order valence-electron chi connectivity index (χ2n) is 6.13. The lowest BCUT2D eigenvalue weighted by Crippen LogP contribution is -2.43. The van der Waals surface area contributed by atoms with Gasteiger partial charge < -0.3 is 15.5 Å². The maximum absolute atomic E-state index is 12.4. The molecule has 8 heteroatoms. The molecule has 0 aliphatic rings. The SMILES string of the molecule is C=CCN(Cc1ccccc1)C(=O)CNC(=O)CNC(=O)c1ccc(Cl)cc1Cl. The van der Waals surface area contributed by atoms with Crippen LogP contribution in [0.15, 0.2) is 61.2 Å². The topological polar surface area (TPSA) is 78.5 Å². The molecule has 0 saturated carbocycles. The highest BCUT2D eigenvalue weighted by Crippen LogP contribution is 2.20. The van der Waals surface area contributed by atoms with Crippen LogP contribution in [0, 0.1) is 0 Å². The number of hydrogen-bond acceptors (Lipinski definition) is 3. The fraction of sp³-hybridized carbons (Fsp3) is 0.190. The molecule has 0 aliphatic carbocycles. The third-order valence-electron chi connectivity index (χ3n) is 3.94. The molecule has 2 aromatic carbocycles. The summed E-state index contributed by atoms with van der Waals surface area (Å²) in [6, 6.07) is 14.0. The van der Waals surface area contributed by atoms with Crippen LogP contribution >= 0.6 is 23.2 Å². The zero-order chi connectivity index (χ0) is 21.2. The van der Waals surface area contributed by atoms with Crippen LogP contribution in [-0.4, -0.2) is 42.3 Å². The molecule has 0 radical (unpaired) electrons. The summed E-state index contributed by atoms with van der Waals surface area (Å²) >= 11 is 11.8. The highest BCUT2D eigenvalue weighted by atomic mass is 35.5. The first-order valence-electron chi connectivity index (χ1n) is 8.83. The van der Waals surface area contributed by atoms with E-state index in [-0.39, 0.29) is 29.6 Å². The van der Waals surface area contributed by atoms with Gasteiger partial charge in [0.25, 0.3) is 5.91 Å². The van der Waals surface area contributed by atoms with E-state index in [4.69, 9.17) is 23.2 Å². The third kappa shape index (κ3) is 7.25. The van der Waals surface area contributed by atoms with E-state index in [0.29, 0.717) is 18.1 Å². The van der Waals surface area contributed by atoms with Gasteiger partial charge in [-0.05, 0) is 23.8 Å². The minimum atomic E-state index is -0.509. The van der Waals surface area contributed by atoms with E-state index in [1.54, 1.807) is 11.0 Å². The fourth-order valence-corrected chi connectivity index (χ4v) is 2.99. The van der Waals surface area contributed by atoms with Gasteiger partial charge in [0, 0.05) is 18.1 Å². The Hall–Kier alpha value is -2.83. The lowest BCUT2D eigenvalue weighted by atomic mass is 10.2. The number of benzene rings is 2. The van der Waals surface area contributed by atoms with E-state index >= 15 is 0 Å². The Bertz CT molecular complexity index is 888. The number of nitrogens with one attached hydrogen (secondary N) is 2. The summed E-state index contributed by atoms with van der Waals surface area (Å²) in [6.07, 6.45) is 1.62. The highest BCUT2D eigenvalue weighted by molar-refractivity contribution is 6.36. The van der Waals surface area contributed by atoms with Crippen molar-refractivity contribution in [2.45, 2.75) is 6.54 Å². The minimum absolute atomic E-state index is 0.183. The van der Waals surface area contributed by atoms with Crippen molar-refractivity contribution in [3.05, 3.63) is 82.4 Å². The molecule has 0 atom stereocenters. The number of carbonyl (C=O) groups is 3. The first kappa shape index (κ1) is 22.5. The molecule has 3 amide bonds. The maximum Gasteiger partial charge on any atom is 0.253 e. The van der Waals surface area contributed by atoms with Gasteiger partial charge in [-0.15, -0.1) is 6.58 Å². The van der Waals surface area contributed by atoms with Gasteiger partial charge in [0.15, 0.2) is 0 Å². The highest BCUT2D eigenvalue weighted by Gasteiger charge is 2.15. The van der Waals surface area contributed by atoms with Crippen molar-refractivity contribution in [3.63, 3.8) is 0 Å². The molecular formula is C21H21Cl2N3O3. The predicted molar refractivity (Wildman–Crippen MR) is 114 cm³/mol. The van der Waals surface area contributed by atoms with Gasteiger partial charge in [0.2, 0.25) is 11.8 Å². The van der Waals surface area contributed by atoms with E-state index in [0.717, 1.165) is 5.56 Å². The lowest BCUT2D eigenvalue weighted by Gasteiger charge is -2.21. The van der Waals surface area contributed by atoms with Gasteiger partial charge in [0.05, 0.1) is 23.7 Å². The first-order chi connectivity index (χ1) is 13.9. The van der Waals surface area contributed by atoms with Gasteiger partial charge in [-0.3, -0.25) is 14.4 Å². The van der Waals surface area contributed by atoms with Crippen LogP contribution in [-0.2, 0) is 16.1 Å². The Labute approximate surface area is 179 Å². The minimum Gasteiger partial charge on any atom is -0.345 e. The molecule has 152 valence electrons. The molecule has 0 bridgehead atoms. The van der Waals surface area contributed by atoms with Gasteiger partial charge >= 0.3 is 0 Å². The fourth-order valence-electron chi connectivity index (χ4n) is 2.49. The van der Waals surface area contributed by atoms with Gasteiger partial charge in [-0.2, -0.15) is 0 Å². The van der Waals surface area contributed by atoms with E-state index in [9.17, 15) is 14.4 Å². The molecule has 0 aromatic heterocycles. The molecule has 0 heterocycles. The second-order valence-corrected chi connectivity index (χ2v) is 6.98. The van der Waals surface area contributed by atoms with Crippen molar-refractivity contribution in [3.8, 4) is 0 Å². The van der Waals surface area contributed by atoms with Crippen LogP contribution < -0.4 is 10.6 Å². The zero-order valence-electron chi connectivity index (χ0n) is 15.7. The zero-order valence-corrected chi connectivity index (χ0v) is 17.2. The molecule has 0 saturated heterocycles. The largest absolute Gasteiger partial charge is 0.345 e. The lowest BCUT2D eigenvalue weighted by molar-refractivity contribution is -0.132. The molecule has 6 nitrogen and oxygen atoms in total. The van der Waals surface area contributed by atoms with Crippen LogP contribution in [0.4, 0.5) is 0 Å². The quantitative estimate of drug-likeness (QED) is 0.596. The van der Waals surface area contributed by atoms with Crippen molar-refractivity contribution in [1.29, 1.82) is 0 Å². The number of rotatable bonds is 9. The van der Waals surface area contributed by atoms with Crippen molar-refractivity contribution in [2.75, 3.05) is 19.6 Å². The summed E-state index contributed by atoms with van der Waals surface area (Å²) in [5, 5.41) is 5.55. The summed E-state index contributed by atoms with van der Waals surface area (Å²) in [4.78, 5) is 38.1. The average Bonchev–Trinajstić information content (AvgIpc) is 2.70. The third-order valence-corrected chi connectivity index (χ3v) is 4.49. The summed E-state index contributed by atoms with van der Waals surface area (Å²) in [5.41, 5.74) is 1.18. The molecule has 0 spiro atoms. The second kappa shape index (κ2) is 11.2. The molecule has 2 N–H and O–H groups in total. The van der Waals surface area contributed by atoms with E-state index in [1.165, 1.54) is 18.2 Å². The molecule has 2 rings (SSSR count). The molecule has 0 aliphatic heterocycles. The Balaban J connectivity index is 1.82. The molecule has 2 aromatic rings. The molecular weight excluding hydrogens is 413 g/mol. The summed E-state index contributed by atoms with van der Waals surface area (Å²) in [6.45, 7) is 3.96. The van der Waals surface area contributed by atoms with Gasteiger partial charge in [-0.25, -0.2) is 0 Å². The molecule has 0 fully saturated rings. The Morgan fingerprint density at radius 1 is 1.00 bits per heavy atom. The maximum atomic E-state index is 12.4. The normalized spacial score (nSPS) is 10.1. The number of nitrogens with zero attached hydrogens (tertiary/aromatic N) is 1. The molecule has 0 unspecified atom stereocenters. The predicted octanol–water partition coefficient (Wildman–Crippen LogP) is 3.05. The van der Waals surface area contributed by atoms with Crippen molar-refractivity contribution in [1.82, 2.24) is 15.5 Å². The van der Waals surface area contributed by atoms with Crippen LogP contribution in [0.5, 0.6) is 0 Å². The van der Waals surface area contributed by atoms with Crippen LogP contribution in [0.2, 0.25) is 10.0 Å².